The first-order chi connectivity index (χ1) is 17.9. The predicted molar refractivity (Wildman–Crippen MR) is 140 cm³/mol. The third-order valence-corrected chi connectivity index (χ3v) is 9.49. The molecule has 1 amide bonds. The second-order valence-corrected chi connectivity index (χ2v) is 12.0. The average molecular weight is 551 g/mol. The molecule has 37 heavy (non-hydrogen) atoms. The first-order valence-corrected chi connectivity index (χ1v) is 14.8. The summed E-state index contributed by atoms with van der Waals surface area (Å²) < 4.78 is 44.5. The van der Waals surface area contributed by atoms with Gasteiger partial charge in [0.25, 0.3) is 5.91 Å². The highest BCUT2D eigenvalue weighted by Gasteiger charge is 2.31. The lowest BCUT2D eigenvalue weighted by atomic mass is 9.99. The lowest BCUT2D eigenvalue weighted by Crippen LogP contribution is -2.39. The number of thiophene rings is 1. The van der Waals surface area contributed by atoms with Gasteiger partial charge in [-0.2, -0.15) is 4.31 Å². The molecule has 1 fully saturated rings. The number of nitrogens with zero attached hydrogens (tertiary/aromatic N) is 1. The molecule has 0 saturated heterocycles. The monoisotopic (exact) mass is 550 g/mol. The summed E-state index contributed by atoms with van der Waals surface area (Å²) in [6.07, 6.45) is 5.80. The van der Waals surface area contributed by atoms with Crippen LogP contribution in [0.2, 0.25) is 0 Å². The lowest BCUT2D eigenvalue weighted by molar-refractivity contribution is -0.146. The zero-order valence-electron chi connectivity index (χ0n) is 20.9. The molecule has 1 aliphatic carbocycles. The van der Waals surface area contributed by atoms with E-state index in [-0.39, 0.29) is 54.8 Å². The van der Waals surface area contributed by atoms with Crippen molar-refractivity contribution in [3.63, 3.8) is 0 Å². The molecule has 2 atom stereocenters. The van der Waals surface area contributed by atoms with Gasteiger partial charge < -0.3 is 24.6 Å². The second kappa shape index (κ2) is 12.9. The molecule has 1 saturated carbocycles. The predicted octanol–water partition coefficient (Wildman–Crippen LogP) is 3.23. The number of methoxy groups -OCH3 is 1. The highest BCUT2D eigenvalue weighted by Crippen LogP contribution is 2.34. The summed E-state index contributed by atoms with van der Waals surface area (Å²) in [7, 11) is -2.34. The van der Waals surface area contributed by atoms with E-state index in [0.29, 0.717) is 12.2 Å². The van der Waals surface area contributed by atoms with Gasteiger partial charge in [-0.05, 0) is 54.6 Å². The molecule has 0 spiro atoms. The maximum atomic E-state index is 13.1. The SMILES string of the molecule is COc1ccc(S(=O)(=O)N(CCO)CCO[C@H]2C[C@@H](c3cccs3)C=C(C(=O)NC3CCCC3)O2)cc1. The van der Waals surface area contributed by atoms with Crippen molar-refractivity contribution in [2.45, 2.75) is 55.2 Å². The Morgan fingerprint density at radius 1 is 1.19 bits per heavy atom. The molecule has 202 valence electrons. The Morgan fingerprint density at radius 2 is 1.95 bits per heavy atom. The highest BCUT2D eigenvalue weighted by molar-refractivity contribution is 7.89. The second-order valence-electron chi connectivity index (χ2n) is 9.06. The molecule has 0 unspecified atom stereocenters. The Hall–Kier alpha value is -2.44. The molecule has 2 aliphatic rings. The van der Waals surface area contributed by atoms with Gasteiger partial charge in [-0.15, -0.1) is 11.3 Å². The van der Waals surface area contributed by atoms with Crippen LogP contribution in [0, 0.1) is 0 Å². The Morgan fingerprint density at radius 3 is 2.59 bits per heavy atom. The van der Waals surface area contributed by atoms with E-state index in [0.717, 1.165) is 30.6 Å². The van der Waals surface area contributed by atoms with Gasteiger partial charge in [-0.25, -0.2) is 8.42 Å². The normalized spacial score (nSPS) is 20.5. The van der Waals surface area contributed by atoms with Crippen LogP contribution < -0.4 is 10.1 Å². The van der Waals surface area contributed by atoms with E-state index in [1.54, 1.807) is 23.5 Å². The van der Waals surface area contributed by atoms with Crippen LogP contribution in [0.3, 0.4) is 0 Å². The Labute approximate surface area is 222 Å². The van der Waals surface area contributed by atoms with E-state index in [4.69, 9.17) is 14.2 Å². The summed E-state index contributed by atoms with van der Waals surface area (Å²) in [4.78, 5) is 14.1. The molecule has 1 aliphatic heterocycles. The van der Waals surface area contributed by atoms with Gasteiger partial charge in [0.15, 0.2) is 5.76 Å². The summed E-state index contributed by atoms with van der Waals surface area (Å²) in [6.45, 7) is -0.347. The first kappa shape index (κ1) is 27.6. The van der Waals surface area contributed by atoms with Crippen LogP contribution in [-0.2, 0) is 24.3 Å². The number of aliphatic hydroxyl groups excluding tert-OH is 1. The zero-order chi connectivity index (χ0) is 26.3. The fourth-order valence-electron chi connectivity index (χ4n) is 4.59. The van der Waals surface area contributed by atoms with Gasteiger partial charge in [0.1, 0.15) is 5.75 Å². The van der Waals surface area contributed by atoms with Crippen molar-refractivity contribution in [2.75, 3.05) is 33.4 Å². The van der Waals surface area contributed by atoms with Crippen molar-refractivity contribution in [2.24, 2.45) is 0 Å². The van der Waals surface area contributed by atoms with Gasteiger partial charge in [0, 0.05) is 36.3 Å². The number of amides is 1. The van der Waals surface area contributed by atoms with E-state index in [1.807, 2.05) is 23.6 Å². The first-order valence-electron chi connectivity index (χ1n) is 12.5. The van der Waals surface area contributed by atoms with Crippen molar-refractivity contribution in [3.05, 3.63) is 58.5 Å². The van der Waals surface area contributed by atoms with Crippen molar-refractivity contribution < 1.29 is 32.5 Å². The number of rotatable bonds is 12. The molecular formula is C26H34N2O7S2. The Bertz CT molecular complexity index is 1140. The summed E-state index contributed by atoms with van der Waals surface area (Å²) in [5, 5.41) is 14.5. The third kappa shape index (κ3) is 7.11. The van der Waals surface area contributed by atoms with Crippen LogP contribution >= 0.6 is 11.3 Å². The Kier molecular flexibility index (Phi) is 9.60. The fraction of sp³-hybridized carbons (Fsp3) is 0.500. The van der Waals surface area contributed by atoms with Crippen LogP contribution in [0.25, 0.3) is 0 Å². The van der Waals surface area contributed by atoms with Crippen molar-refractivity contribution in [3.8, 4) is 5.75 Å². The van der Waals surface area contributed by atoms with Gasteiger partial charge >= 0.3 is 0 Å². The zero-order valence-corrected chi connectivity index (χ0v) is 22.5. The van der Waals surface area contributed by atoms with Gasteiger partial charge in [0.2, 0.25) is 16.3 Å². The molecule has 1 aromatic carbocycles. The van der Waals surface area contributed by atoms with Crippen molar-refractivity contribution >= 4 is 27.3 Å². The smallest absolute Gasteiger partial charge is 0.286 e. The Balaban J connectivity index is 1.41. The number of hydrogen-bond donors (Lipinski definition) is 2. The van der Waals surface area contributed by atoms with Crippen LogP contribution in [0.1, 0.15) is 42.9 Å². The number of benzene rings is 1. The van der Waals surface area contributed by atoms with E-state index >= 15 is 0 Å². The van der Waals surface area contributed by atoms with Gasteiger partial charge in [-0.3, -0.25) is 4.79 Å². The largest absolute Gasteiger partial charge is 0.497 e. The molecule has 4 rings (SSSR count). The van der Waals surface area contributed by atoms with Crippen LogP contribution in [-0.4, -0.2) is 69.5 Å². The minimum absolute atomic E-state index is 0.0196. The number of aliphatic hydroxyl groups is 1. The average Bonchev–Trinajstić information content (AvgIpc) is 3.63. The number of carbonyl (C=O) groups excluding carboxylic acids is 1. The molecule has 1 aromatic heterocycles. The number of ether oxygens (including phenoxy) is 3. The van der Waals surface area contributed by atoms with Gasteiger partial charge in [0.05, 0.1) is 25.2 Å². The topological polar surface area (TPSA) is 114 Å². The van der Waals surface area contributed by atoms with Crippen LogP contribution in [0.4, 0.5) is 0 Å². The lowest BCUT2D eigenvalue weighted by Gasteiger charge is -2.30. The number of nitrogens with one attached hydrogen (secondary N) is 1. The minimum atomic E-state index is -3.85. The molecule has 0 bridgehead atoms. The molecule has 9 nitrogen and oxygen atoms in total. The molecule has 0 radical (unpaired) electrons. The quantitative estimate of drug-likeness (QED) is 0.417. The maximum absolute atomic E-state index is 13.1. The summed E-state index contributed by atoms with van der Waals surface area (Å²) >= 11 is 1.61. The van der Waals surface area contributed by atoms with Crippen molar-refractivity contribution in [1.29, 1.82) is 0 Å². The molecule has 2 aromatic rings. The number of sulfonamides is 1. The number of hydrogen-bond acceptors (Lipinski definition) is 8. The van der Waals surface area contributed by atoms with Crippen molar-refractivity contribution in [1.82, 2.24) is 9.62 Å². The summed E-state index contributed by atoms with van der Waals surface area (Å²) in [6, 6.07) is 10.2. The molecular weight excluding hydrogens is 516 g/mol. The molecule has 2 N–H and O–H groups in total. The maximum Gasteiger partial charge on any atom is 0.286 e. The van der Waals surface area contributed by atoms with E-state index in [1.165, 1.54) is 23.5 Å². The minimum Gasteiger partial charge on any atom is -0.497 e. The number of allylic oxidation sites excluding steroid dienone is 1. The highest BCUT2D eigenvalue weighted by atomic mass is 32.2. The molecule has 2 heterocycles. The van der Waals surface area contributed by atoms with E-state index < -0.39 is 16.3 Å². The fourth-order valence-corrected chi connectivity index (χ4v) is 6.82. The van der Waals surface area contributed by atoms with E-state index in [9.17, 15) is 18.3 Å². The molecule has 11 heteroatoms. The van der Waals surface area contributed by atoms with Crippen LogP contribution in [0.5, 0.6) is 5.75 Å². The van der Waals surface area contributed by atoms with Gasteiger partial charge in [-0.1, -0.05) is 18.9 Å². The van der Waals surface area contributed by atoms with E-state index in [2.05, 4.69) is 5.32 Å². The van der Waals surface area contributed by atoms with Crippen LogP contribution in [0.15, 0.2) is 58.5 Å². The standard InChI is InChI=1S/C26H34N2O7S2/c1-33-21-8-10-22(11-9-21)37(31,32)28(12-14-29)13-15-34-25-18-19(24-7-4-16-36-24)17-23(35-25)26(30)27-20-5-2-3-6-20/h4,7-11,16-17,19-20,25,29H,2-3,5-6,12-15,18H2,1H3,(H,27,30)/t19-,25+/m0/s1. The summed E-state index contributed by atoms with van der Waals surface area (Å²) in [5.41, 5.74) is 0. The number of carbonyl (C=O) groups is 1. The summed E-state index contributed by atoms with van der Waals surface area (Å²) in [5.74, 6) is 0.497. The third-order valence-electron chi connectivity index (χ3n) is 6.57.